The molecule has 0 spiro atoms. The van der Waals surface area contributed by atoms with Crippen molar-refractivity contribution in [1.82, 2.24) is 9.80 Å². The molecule has 0 amide bonds. The van der Waals surface area contributed by atoms with E-state index in [1.807, 2.05) is 0 Å². The van der Waals surface area contributed by atoms with Crippen LogP contribution >= 0.6 is 0 Å². The van der Waals surface area contributed by atoms with E-state index in [1.54, 1.807) is 0 Å². The van der Waals surface area contributed by atoms with E-state index < -0.39 is 54.1 Å². The molecular weight excluding hydrogens is 640 g/mol. The highest BCUT2D eigenvalue weighted by molar-refractivity contribution is 5.66. The van der Waals surface area contributed by atoms with Crippen molar-refractivity contribution in [2.24, 2.45) is 0 Å². The summed E-state index contributed by atoms with van der Waals surface area (Å²) in [5.74, 6) is -0.822. The number of nitrogens with zero attached hydrogens (tertiary/aromatic N) is 2. The van der Waals surface area contributed by atoms with Gasteiger partial charge in [-0.1, -0.05) is 96.3 Å². The maximum atomic E-state index is 12.2. The number of carboxylic acids is 1. The fourth-order valence-electron chi connectivity index (χ4n) is 4.37. The number of hydrogen-bond donors (Lipinski definition) is 2. The number of rotatable bonds is 24. The molecule has 0 heterocycles. The van der Waals surface area contributed by atoms with Crippen molar-refractivity contribution >= 4 is 5.97 Å². The first kappa shape index (κ1) is 45.6. The third-order valence-corrected chi connectivity index (χ3v) is 6.79. The summed E-state index contributed by atoms with van der Waals surface area (Å²) in [6.45, 7) is -1.90. The first-order valence-electron chi connectivity index (χ1n) is 15.4. The Bertz CT molecular complexity index is 687. The topological polar surface area (TPSA) is 64.0 Å². The van der Waals surface area contributed by atoms with E-state index >= 15 is 0 Å². The third-order valence-electron chi connectivity index (χ3n) is 6.79. The smallest absolute Gasteiger partial charge is 0.467 e. The van der Waals surface area contributed by atoms with Gasteiger partial charge in [0.25, 0.3) is 0 Å². The van der Waals surface area contributed by atoms with Crippen molar-refractivity contribution in [3.05, 3.63) is 0 Å². The van der Waals surface area contributed by atoms with E-state index in [2.05, 4.69) is 0 Å². The van der Waals surface area contributed by atoms with Crippen molar-refractivity contribution in [3.8, 4) is 0 Å². The van der Waals surface area contributed by atoms with Gasteiger partial charge in [-0.05, 0) is 25.7 Å². The Balaban J connectivity index is 0. The number of aliphatic hydroxyl groups excluding tert-OH is 1. The number of carbonyl (C=O) groups is 1. The monoisotopic (exact) mass is 688 g/mol. The summed E-state index contributed by atoms with van der Waals surface area (Å²) in [7, 11) is 0. The highest BCUT2D eigenvalue weighted by Gasteiger charge is 2.54. The molecule has 5 nitrogen and oxygen atoms in total. The number of aliphatic hydroxyl groups is 1. The van der Waals surface area contributed by atoms with Gasteiger partial charge in [-0.2, -0.15) is 52.7 Å². The normalized spacial score (nSPS) is 13.0. The van der Waals surface area contributed by atoms with Crippen LogP contribution < -0.4 is 0 Å². The second-order valence-corrected chi connectivity index (χ2v) is 10.8. The maximum absolute atomic E-state index is 12.2. The number of hydrogen-bond acceptors (Lipinski definition) is 4. The van der Waals surface area contributed by atoms with Crippen LogP contribution in [0.1, 0.15) is 128 Å². The van der Waals surface area contributed by atoms with Crippen molar-refractivity contribution in [1.29, 1.82) is 0 Å². The molecule has 0 unspecified atom stereocenters. The fraction of sp³-hybridized carbons (Fsp3) is 0.964. The molecule has 272 valence electrons. The first-order chi connectivity index (χ1) is 20.7. The zero-order valence-corrected chi connectivity index (χ0v) is 25.5. The molecule has 0 saturated heterocycles. The van der Waals surface area contributed by atoms with E-state index in [0.29, 0.717) is 32.1 Å². The molecule has 0 saturated carbocycles. The van der Waals surface area contributed by atoms with E-state index in [4.69, 9.17) is 10.2 Å². The molecule has 45 heavy (non-hydrogen) atoms. The number of alkyl halides is 12. The number of halogens is 12. The van der Waals surface area contributed by atoms with Gasteiger partial charge in [0.15, 0.2) is 0 Å². The molecule has 0 aromatic heterocycles. The van der Waals surface area contributed by atoms with Gasteiger partial charge in [-0.25, -0.2) is 0 Å². The second kappa shape index (κ2) is 24.7. The van der Waals surface area contributed by atoms with Crippen LogP contribution in [-0.2, 0) is 4.79 Å². The van der Waals surface area contributed by atoms with Crippen LogP contribution in [0.25, 0.3) is 0 Å². The van der Waals surface area contributed by atoms with Gasteiger partial charge >= 0.3 is 31.2 Å². The zero-order valence-electron chi connectivity index (χ0n) is 25.5. The lowest BCUT2D eigenvalue weighted by Crippen LogP contribution is -2.48. The van der Waals surface area contributed by atoms with Crippen LogP contribution in [0.4, 0.5) is 52.7 Å². The average molecular weight is 689 g/mol. The molecule has 0 aliphatic rings. The Morgan fingerprint density at radius 1 is 0.400 bits per heavy atom. The van der Waals surface area contributed by atoms with Gasteiger partial charge in [0.1, 0.15) is 0 Å². The molecule has 2 N–H and O–H groups in total. The molecular formula is C28H48F12N2O3. The third kappa shape index (κ3) is 28.5. The van der Waals surface area contributed by atoms with Gasteiger partial charge in [-0.3, -0.25) is 4.79 Å². The van der Waals surface area contributed by atoms with E-state index in [9.17, 15) is 57.5 Å². The summed E-state index contributed by atoms with van der Waals surface area (Å²) in [5, 5.41) is 17.0. The predicted octanol–water partition coefficient (Wildman–Crippen LogP) is 10.5. The predicted molar refractivity (Wildman–Crippen MR) is 145 cm³/mol. The molecule has 0 bridgehead atoms. The first-order valence-corrected chi connectivity index (χ1v) is 15.4. The van der Waals surface area contributed by atoms with Crippen LogP contribution in [0.3, 0.4) is 0 Å². The van der Waals surface area contributed by atoms with Crippen molar-refractivity contribution in [2.45, 2.75) is 154 Å². The Hall–Kier alpha value is -1.49. The molecule has 0 aliphatic carbocycles. The molecule has 0 radical (unpaired) electrons. The van der Waals surface area contributed by atoms with E-state index in [-0.39, 0.29) is 25.9 Å². The van der Waals surface area contributed by atoms with Crippen LogP contribution in [0.5, 0.6) is 0 Å². The Morgan fingerprint density at radius 2 is 0.622 bits per heavy atom. The minimum Gasteiger partial charge on any atom is -0.481 e. The molecule has 0 rings (SSSR count). The summed E-state index contributed by atoms with van der Waals surface area (Å²) < 4.78 is 147. The lowest BCUT2D eigenvalue weighted by Gasteiger charge is -2.26. The van der Waals surface area contributed by atoms with Crippen molar-refractivity contribution in [2.75, 3.05) is 19.7 Å². The van der Waals surface area contributed by atoms with E-state index in [0.717, 1.165) is 77.0 Å². The molecule has 0 atom stereocenters. The molecule has 17 heteroatoms. The standard InChI is InChI=1S/C14H23F6NO2.C14H25F6NO/c15-13(16,17)21(14(18,19)20)11-9-7-5-3-1-2-4-6-8-10-12(22)23;15-13(16,17)21(14(18,19)20)11-9-7-5-3-1-2-4-6-8-10-12-22/h1-11H2,(H,22,23);22H,1-12H2. The molecule has 0 aliphatic heterocycles. The van der Waals surface area contributed by atoms with Crippen LogP contribution in [0, 0.1) is 0 Å². The number of unbranched alkanes of at least 4 members (excludes halogenated alkanes) is 17. The van der Waals surface area contributed by atoms with Crippen LogP contribution in [0.15, 0.2) is 0 Å². The zero-order chi connectivity index (χ0) is 35.0. The van der Waals surface area contributed by atoms with Crippen LogP contribution in [-0.4, -0.2) is 70.9 Å². The summed E-state index contributed by atoms with van der Waals surface area (Å²) in [4.78, 5) is 7.52. The van der Waals surface area contributed by atoms with Gasteiger partial charge in [-0.15, -0.1) is 9.80 Å². The average Bonchev–Trinajstić information content (AvgIpc) is 2.87. The Kier molecular flexibility index (Phi) is 25.0. The highest BCUT2D eigenvalue weighted by Crippen LogP contribution is 2.34. The minimum atomic E-state index is -5.39. The fourth-order valence-corrected chi connectivity index (χ4v) is 4.37. The summed E-state index contributed by atoms with van der Waals surface area (Å²) >= 11 is 0. The van der Waals surface area contributed by atoms with Crippen molar-refractivity contribution in [3.63, 3.8) is 0 Å². The summed E-state index contributed by atoms with van der Waals surface area (Å²) in [6, 6.07) is 0. The molecule has 0 aromatic rings. The quantitative estimate of drug-likeness (QED) is 0.0601. The van der Waals surface area contributed by atoms with Gasteiger partial charge < -0.3 is 10.2 Å². The summed E-state index contributed by atoms with van der Waals surface area (Å²) in [6.07, 6.45) is -8.18. The van der Waals surface area contributed by atoms with Gasteiger partial charge in [0, 0.05) is 26.1 Å². The Morgan fingerprint density at radius 3 is 0.844 bits per heavy atom. The van der Waals surface area contributed by atoms with Crippen LogP contribution in [0.2, 0.25) is 0 Å². The lowest BCUT2D eigenvalue weighted by molar-refractivity contribution is -0.374. The SMILES string of the molecule is O=C(O)CCCCCCCCCCCN(C(F)(F)F)C(F)(F)F.OCCCCCCCCCCCCN(C(F)(F)F)C(F)(F)F. The van der Waals surface area contributed by atoms with Crippen molar-refractivity contribution < 1.29 is 67.7 Å². The lowest BCUT2D eigenvalue weighted by atomic mass is 10.1. The highest BCUT2D eigenvalue weighted by atomic mass is 19.4. The largest absolute Gasteiger partial charge is 0.481 e. The van der Waals surface area contributed by atoms with Gasteiger partial charge in [0.2, 0.25) is 0 Å². The van der Waals surface area contributed by atoms with Gasteiger partial charge in [0.05, 0.1) is 0 Å². The summed E-state index contributed by atoms with van der Waals surface area (Å²) in [5.41, 5.74) is 0. The minimum absolute atomic E-state index is 0.116. The molecule has 0 aromatic carbocycles. The maximum Gasteiger partial charge on any atom is 0.467 e. The Labute approximate surface area is 257 Å². The number of carboxylic acid groups (broad SMARTS) is 1. The second-order valence-electron chi connectivity index (χ2n) is 10.8. The van der Waals surface area contributed by atoms with E-state index in [1.165, 1.54) is 0 Å². The molecule has 0 fully saturated rings. The number of aliphatic carboxylic acids is 1.